The van der Waals surface area contributed by atoms with E-state index in [-0.39, 0.29) is 11.8 Å². The number of hydrogen-bond donors (Lipinski definition) is 1. The molecule has 1 saturated carbocycles. The van der Waals surface area contributed by atoms with Crippen LogP contribution in [0.3, 0.4) is 0 Å². The number of rotatable bonds is 2. The van der Waals surface area contributed by atoms with Crippen molar-refractivity contribution in [3.05, 3.63) is 34.9 Å². The molecule has 1 aromatic carbocycles. The van der Waals surface area contributed by atoms with Crippen molar-refractivity contribution in [2.45, 2.75) is 12.3 Å². The summed E-state index contributed by atoms with van der Waals surface area (Å²) in [5, 5.41) is 9.41. The molecule has 0 aliphatic heterocycles. The third-order valence-corrected chi connectivity index (χ3v) is 2.76. The third kappa shape index (κ3) is 1.54. The van der Waals surface area contributed by atoms with Gasteiger partial charge in [-0.1, -0.05) is 29.8 Å². The summed E-state index contributed by atoms with van der Waals surface area (Å²) in [6, 6.07) is 7.44. The lowest BCUT2D eigenvalue weighted by molar-refractivity contribution is -0.138. The molecular weight excluding hydrogens is 188 g/mol. The topological polar surface area (TPSA) is 37.3 Å². The quantitative estimate of drug-likeness (QED) is 0.789. The fourth-order valence-electron chi connectivity index (χ4n) is 1.59. The Morgan fingerprint density at radius 2 is 2.15 bits per heavy atom. The van der Waals surface area contributed by atoms with Crippen LogP contribution in [0.25, 0.3) is 0 Å². The highest BCUT2D eigenvalue weighted by molar-refractivity contribution is 6.31. The Bertz CT molecular complexity index is 349. The minimum absolute atomic E-state index is 0.131. The molecule has 2 nitrogen and oxygen atoms in total. The first-order chi connectivity index (χ1) is 6.20. The molecule has 2 rings (SSSR count). The van der Waals surface area contributed by atoms with E-state index >= 15 is 0 Å². The molecule has 68 valence electrons. The maximum Gasteiger partial charge on any atom is 0.307 e. The number of carboxylic acids is 1. The second kappa shape index (κ2) is 3.04. The van der Waals surface area contributed by atoms with Crippen LogP contribution >= 0.6 is 11.6 Å². The van der Waals surface area contributed by atoms with E-state index in [1.165, 1.54) is 0 Å². The van der Waals surface area contributed by atoms with Crippen molar-refractivity contribution in [3.8, 4) is 0 Å². The molecule has 0 saturated heterocycles. The van der Waals surface area contributed by atoms with Crippen molar-refractivity contribution >= 4 is 17.6 Å². The largest absolute Gasteiger partial charge is 0.481 e. The second-order valence-electron chi connectivity index (χ2n) is 3.31. The molecule has 0 spiro atoms. The first-order valence-electron chi connectivity index (χ1n) is 4.17. The van der Waals surface area contributed by atoms with Gasteiger partial charge in [-0.2, -0.15) is 0 Å². The number of benzene rings is 1. The molecule has 13 heavy (non-hydrogen) atoms. The van der Waals surface area contributed by atoms with Crippen molar-refractivity contribution in [2.24, 2.45) is 5.92 Å². The van der Waals surface area contributed by atoms with Gasteiger partial charge in [0.25, 0.3) is 0 Å². The monoisotopic (exact) mass is 196 g/mol. The minimum atomic E-state index is -0.718. The maximum atomic E-state index is 10.6. The average molecular weight is 197 g/mol. The van der Waals surface area contributed by atoms with Gasteiger partial charge in [-0.3, -0.25) is 4.79 Å². The Kier molecular flexibility index (Phi) is 2.00. The summed E-state index contributed by atoms with van der Waals surface area (Å²) in [6.45, 7) is 0. The van der Waals surface area contributed by atoms with Crippen molar-refractivity contribution < 1.29 is 9.90 Å². The number of hydrogen-bond acceptors (Lipinski definition) is 1. The maximum absolute atomic E-state index is 10.6. The van der Waals surface area contributed by atoms with Crippen LogP contribution in [0.5, 0.6) is 0 Å². The summed E-state index contributed by atoms with van der Waals surface area (Å²) in [5.41, 5.74) is 0.969. The first kappa shape index (κ1) is 8.57. The van der Waals surface area contributed by atoms with Crippen LogP contribution in [-0.4, -0.2) is 11.1 Å². The van der Waals surface area contributed by atoms with Crippen LogP contribution in [0, 0.1) is 5.92 Å². The molecule has 0 amide bonds. The zero-order valence-electron chi connectivity index (χ0n) is 6.90. The van der Waals surface area contributed by atoms with Gasteiger partial charge in [0, 0.05) is 5.02 Å². The van der Waals surface area contributed by atoms with Crippen molar-refractivity contribution in [1.82, 2.24) is 0 Å². The molecule has 1 aliphatic carbocycles. The summed E-state index contributed by atoms with van der Waals surface area (Å²) in [4.78, 5) is 10.6. The van der Waals surface area contributed by atoms with Crippen LogP contribution < -0.4 is 0 Å². The van der Waals surface area contributed by atoms with E-state index in [0.717, 1.165) is 12.0 Å². The van der Waals surface area contributed by atoms with E-state index in [4.69, 9.17) is 16.7 Å². The van der Waals surface area contributed by atoms with Gasteiger partial charge in [0.1, 0.15) is 0 Å². The lowest BCUT2D eigenvalue weighted by Gasteiger charge is -2.00. The summed E-state index contributed by atoms with van der Waals surface area (Å²) in [6.07, 6.45) is 0.721. The fraction of sp³-hybridized carbons (Fsp3) is 0.300. The van der Waals surface area contributed by atoms with Crippen molar-refractivity contribution in [3.63, 3.8) is 0 Å². The van der Waals surface area contributed by atoms with Gasteiger partial charge >= 0.3 is 5.97 Å². The highest BCUT2D eigenvalue weighted by Crippen LogP contribution is 2.49. The lowest BCUT2D eigenvalue weighted by atomic mass is 10.1. The molecule has 3 heteroatoms. The van der Waals surface area contributed by atoms with E-state index in [1.54, 1.807) is 6.07 Å². The van der Waals surface area contributed by atoms with E-state index in [9.17, 15) is 4.79 Å². The lowest BCUT2D eigenvalue weighted by Crippen LogP contribution is -1.98. The predicted molar refractivity (Wildman–Crippen MR) is 49.9 cm³/mol. The molecular formula is C10H9ClO2. The number of carboxylic acid groups (broad SMARTS) is 1. The molecule has 0 aromatic heterocycles. The highest BCUT2D eigenvalue weighted by Gasteiger charge is 2.44. The summed E-state index contributed by atoms with van der Waals surface area (Å²) >= 11 is 5.94. The SMILES string of the molecule is O=C(O)[C@H]1C[C@H]1c1ccccc1Cl. The van der Waals surface area contributed by atoms with E-state index in [2.05, 4.69) is 0 Å². The summed E-state index contributed by atoms with van der Waals surface area (Å²) < 4.78 is 0. The van der Waals surface area contributed by atoms with Gasteiger partial charge in [-0.05, 0) is 24.0 Å². The molecule has 1 fully saturated rings. The van der Waals surface area contributed by atoms with Crippen LogP contribution in [0.4, 0.5) is 0 Å². The fourth-order valence-corrected chi connectivity index (χ4v) is 1.86. The molecule has 1 aromatic rings. The standard InChI is InChI=1S/C10H9ClO2/c11-9-4-2-1-3-6(9)7-5-8(7)10(12)13/h1-4,7-8H,5H2,(H,12,13)/t7-,8-/m0/s1. The van der Waals surface area contributed by atoms with Crippen molar-refractivity contribution in [2.75, 3.05) is 0 Å². The zero-order chi connectivity index (χ0) is 9.42. The van der Waals surface area contributed by atoms with Crippen LogP contribution in [-0.2, 0) is 4.79 Å². The van der Waals surface area contributed by atoms with E-state index in [1.807, 2.05) is 18.2 Å². The first-order valence-corrected chi connectivity index (χ1v) is 4.55. The Labute approximate surface area is 81.1 Å². The van der Waals surface area contributed by atoms with Crippen molar-refractivity contribution in [1.29, 1.82) is 0 Å². The average Bonchev–Trinajstić information content (AvgIpc) is 2.84. The van der Waals surface area contributed by atoms with Crippen LogP contribution in [0.15, 0.2) is 24.3 Å². The molecule has 0 unspecified atom stereocenters. The molecule has 2 atom stereocenters. The minimum Gasteiger partial charge on any atom is -0.481 e. The van der Waals surface area contributed by atoms with E-state index in [0.29, 0.717) is 5.02 Å². The Balaban J connectivity index is 2.21. The van der Waals surface area contributed by atoms with Gasteiger partial charge in [0.2, 0.25) is 0 Å². The van der Waals surface area contributed by atoms with E-state index < -0.39 is 5.97 Å². The van der Waals surface area contributed by atoms with Gasteiger partial charge < -0.3 is 5.11 Å². The Morgan fingerprint density at radius 3 is 2.69 bits per heavy atom. The smallest absolute Gasteiger partial charge is 0.307 e. The molecule has 1 N–H and O–H groups in total. The summed E-state index contributed by atoms with van der Waals surface area (Å²) in [5.74, 6) is -0.809. The number of halogens is 1. The Hall–Kier alpha value is -1.02. The van der Waals surface area contributed by atoms with Gasteiger partial charge in [-0.25, -0.2) is 0 Å². The normalized spacial score (nSPS) is 25.6. The van der Waals surface area contributed by atoms with Gasteiger partial charge in [-0.15, -0.1) is 0 Å². The van der Waals surface area contributed by atoms with Gasteiger partial charge in [0.15, 0.2) is 0 Å². The Morgan fingerprint density at radius 1 is 1.46 bits per heavy atom. The number of aliphatic carboxylic acids is 1. The molecule has 0 heterocycles. The molecule has 1 aliphatic rings. The van der Waals surface area contributed by atoms with Gasteiger partial charge in [0.05, 0.1) is 5.92 Å². The number of carbonyl (C=O) groups is 1. The highest BCUT2D eigenvalue weighted by atomic mass is 35.5. The van der Waals surface area contributed by atoms with Crippen LogP contribution in [0.2, 0.25) is 5.02 Å². The molecule has 0 radical (unpaired) electrons. The predicted octanol–water partition coefficient (Wildman–Crippen LogP) is 2.53. The van der Waals surface area contributed by atoms with Crippen LogP contribution in [0.1, 0.15) is 17.9 Å². The zero-order valence-corrected chi connectivity index (χ0v) is 7.66. The third-order valence-electron chi connectivity index (χ3n) is 2.41. The second-order valence-corrected chi connectivity index (χ2v) is 3.72. The summed E-state index contributed by atoms with van der Waals surface area (Å²) in [7, 11) is 0. The molecule has 0 bridgehead atoms.